The second-order valence-electron chi connectivity index (χ2n) is 5.00. The lowest BCUT2D eigenvalue weighted by Crippen LogP contribution is -2.30. The zero-order valence-electron chi connectivity index (χ0n) is 12.1. The Labute approximate surface area is 130 Å². The number of fused-ring (bicyclic) bond motifs is 1. The summed E-state index contributed by atoms with van der Waals surface area (Å²) in [6.07, 6.45) is 2.00. The third-order valence-electron chi connectivity index (χ3n) is 3.26. The van der Waals surface area contributed by atoms with Crippen molar-refractivity contribution in [1.82, 2.24) is 14.5 Å². The van der Waals surface area contributed by atoms with Crippen molar-refractivity contribution in [2.24, 2.45) is 0 Å². The summed E-state index contributed by atoms with van der Waals surface area (Å²) in [5.41, 5.74) is 0.0923. The summed E-state index contributed by atoms with van der Waals surface area (Å²) in [5, 5.41) is 10.4. The molecular formula is C16H14FN3O3. The molecule has 1 atom stereocenters. The van der Waals surface area contributed by atoms with Crippen molar-refractivity contribution in [2.45, 2.75) is 12.6 Å². The molecule has 3 rings (SSSR count). The molecule has 0 radical (unpaired) electrons. The summed E-state index contributed by atoms with van der Waals surface area (Å²) in [5.74, 6) is 0.0823. The van der Waals surface area contributed by atoms with Gasteiger partial charge in [0.1, 0.15) is 30.6 Å². The van der Waals surface area contributed by atoms with Gasteiger partial charge in [0.25, 0.3) is 5.56 Å². The molecule has 0 saturated carbocycles. The van der Waals surface area contributed by atoms with Gasteiger partial charge >= 0.3 is 0 Å². The van der Waals surface area contributed by atoms with Crippen LogP contribution in [0, 0.1) is 5.82 Å². The molecule has 1 unspecified atom stereocenters. The Morgan fingerprint density at radius 3 is 2.78 bits per heavy atom. The number of ether oxygens (including phenoxy) is 1. The minimum atomic E-state index is -0.909. The van der Waals surface area contributed by atoms with E-state index in [1.807, 2.05) is 0 Å². The van der Waals surface area contributed by atoms with Crippen molar-refractivity contribution in [1.29, 1.82) is 0 Å². The summed E-state index contributed by atoms with van der Waals surface area (Å²) in [6, 6.07) is 8.77. The van der Waals surface area contributed by atoms with Crippen LogP contribution in [0.15, 0.2) is 53.7 Å². The largest absolute Gasteiger partial charge is 0.491 e. The van der Waals surface area contributed by atoms with E-state index in [4.69, 9.17) is 4.74 Å². The van der Waals surface area contributed by atoms with E-state index in [1.165, 1.54) is 35.2 Å². The fourth-order valence-corrected chi connectivity index (χ4v) is 2.13. The Bertz CT molecular complexity index is 864. The van der Waals surface area contributed by atoms with E-state index in [-0.39, 0.29) is 24.5 Å². The van der Waals surface area contributed by atoms with Gasteiger partial charge in [0, 0.05) is 6.20 Å². The van der Waals surface area contributed by atoms with Crippen molar-refractivity contribution in [3.05, 3.63) is 65.1 Å². The number of hydrogen-bond acceptors (Lipinski definition) is 5. The van der Waals surface area contributed by atoms with Crippen LogP contribution in [0.25, 0.3) is 11.0 Å². The Morgan fingerprint density at radius 2 is 2.00 bits per heavy atom. The van der Waals surface area contributed by atoms with Gasteiger partial charge in [0.2, 0.25) is 0 Å². The molecule has 0 aliphatic carbocycles. The smallest absolute Gasteiger partial charge is 0.262 e. The molecule has 0 saturated heterocycles. The maximum atomic E-state index is 12.8. The molecule has 2 heterocycles. The van der Waals surface area contributed by atoms with Gasteiger partial charge in [-0.25, -0.2) is 14.4 Å². The molecule has 1 N–H and O–H groups in total. The molecule has 0 bridgehead atoms. The van der Waals surface area contributed by atoms with Gasteiger partial charge in [-0.15, -0.1) is 0 Å². The molecule has 0 spiro atoms. The molecule has 118 valence electrons. The molecule has 3 aromatic rings. The zero-order chi connectivity index (χ0) is 16.2. The first-order chi connectivity index (χ1) is 11.1. The fraction of sp³-hybridized carbons (Fsp3) is 0.188. The Hall–Kier alpha value is -2.80. The summed E-state index contributed by atoms with van der Waals surface area (Å²) >= 11 is 0. The second-order valence-corrected chi connectivity index (χ2v) is 5.00. The first-order valence-corrected chi connectivity index (χ1v) is 7.00. The molecule has 7 heteroatoms. The summed E-state index contributed by atoms with van der Waals surface area (Å²) in [7, 11) is 0. The highest BCUT2D eigenvalue weighted by atomic mass is 19.1. The normalized spacial score (nSPS) is 12.3. The van der Waals surface area contributed by atoms with Crippen molar-refractivity contribution in [3.8, 4) is 5.75 Å². The van der Waals surface area contributed by atoms with Crippen molar-refractivity contribution < 1.29 is 14.2 Å². The van der Waals surface area contributed by atoms with Crippen molar-refractivity contribution in [2.75, 3.05) is 6.61 Å². The number of pyridine rings is 1. The molecule has 6 nitrogen and oxygen atoms in total. The number of aliphatic hydroxyl groups excluding tert-OH is 1. The van der Waals surface area contributed by atoms with Crippen LogP contribution in [-0.2, 0) is 6.54 Å². The minimum absolute atomic E-state index is 0.0247. The number of rotatable bonds is 5. The molecule has 1 aromatic carbocycles. The standard InChI is InChI=1S/C16H14FN3O3/c17-11-3-5-13(6-4-11)23-9-12(21)8-20-10-19-15-14(16(20)22)2-1-7-18-15/h1-7,10,12,21H,8-9H2. The van der Waals surface area contributed by atoms with Gasteiger partial charge < -0.3 is 9.84 Å². The molecule has 0 aliphatic rings. The molecule has 23 heavy (non-hydrogen) atoms. The van der Waals surface area contributed by atoms with E-state index in [9.17, 15) is 14.3 Å². The average molecular weight is 315 g/mol. The SMILES string of the molecule is O=c1c2cccnc2ncn1CC(O)COc1ccc(F)cc1. The summed E-state index contributed by atoms with van der Waals surface area (Å²) in [4.78, 5) is 20.3. The van der Waals surface area contributed by atoms with Crippen LogP contribution in [0.3, 0.4) is 0 Å². The molecular weight excluding hydrogens is 301 g/mol. The lowest BCUT2D eigenvalue weighted by atomic mass is 10.3. The quantitative estimate of drug-likeness (QED) is 0.769. The van der Waals surface area contributed by atoms with E-state index >= 15 is 0 Å². The number of halogens is 1. The molecule has 0 amide bonds. The molecule has 0 aliphatic heterocycles. The van der Waals surface area contributed by atoms with Crippen molar-refractivity contribution >= 4 is 11.0 Å². The summed E-state index contributed by atoms with van der Waals surface area (Å²) in [6.45, 7) is 0.0149. The van der Waals surface area contributed by atoms with Gasteiger partial charge in [0.05, 0.1) is 11.9 Å². The monoisotopic (exact) mass is 315 g/mol. The Morgan fingerprint density at radius 1 is 1.22 bits per heavy atom. The Kier molecular flexibility index (Phi) is 4.29. The number of benzene rings is 1. The second kappa shape index (κ2) is 6.53. The van der Waals surface area contributed by atoms with Crippen LogP contribution in [0.5, 0.6) is 5.75 Å². The first-order valence-electron chi connectivity index (χ1n) is 7.00. The third-order valence-corrected chi connectivity index (χ3v) is 3.26. The highest BCUT2D eigenvalue weighted by Gasteiger charge is 2.10. The van der Waals surface area contributed by atoms with Gasteiger partial charge in [-0.3, -0.25) is 9.36 Å². The minimum Gasteiger partial charge on any atom is -0.491 e. The van der Waals surface area contributed by atoms with E-state index < -0.39 is 6.10 Å². The lowest BCUT2D eigenvalue weighted by molar-refractivity contribution is 0.0914. The third kappa shape index (κ3) is 3.51. The van der Waals surface area contributed by atoms with Crippen LogP contribution in [0.1, 0.15) is 0 Å². The van der Waals surface area contributed by atoms with Crippen LogP contribution in [-0.4, -0.2) is 32.4 Å². The van der Waals surface area contributed by atoms with E-state index in [2.05, 4.69) is 9.97 Å². The first kappa shape index (κ1) is 15.1. The highest BCUT2D eigenvalue weighted by molar-refractivity contribution is 5.72. The number of nitrogens with zero attached hydrogens (tertiary/aromatic N) is 3. The van der Waals surface area contributed by atoms with Crippen LogP contribution < -0.4 is 10.3 Å². The lowest BCUT2D eigenvalue weighted by Gasteiger charge is -2.14. The fourth-order valence-electron chi connectivity index (χ4n) is 2.13. The molecule has 0 fully saturated rings. The van der Waals surface area contributed by atoms with E-state index in [0.717, 1.165) is 0 Å². The maximum absolute atomic E-state index is 12.8. The predicted octanol–water partition coefficient (Wildman–Crippen LogP) is 1.37. The zero-order valence-corrected chi connectivity index (χ0v) is 12.1. The topological polar surface area (TPSA) is 77.2 Å². The van der Waals surface area contributed by atoms with Crippen LogP contribution >= 0.6 is 0 Å². The number of aliphatic hydroxyl groups is 1. The predicted molar refractivity (Wildman–Crippen MR) is 81.7 cm³/mol. The van der Waals surface area contributed by atoms with Crippen LogP contribution in [0.2, 0.25) is 0 Å². The number of hydrogen-bond donors (Lipinski definition) is 1. The Balaban J connectivity index is 1.68. The van der Waals surface area contributed by atoms with E-state index in [0.29, 0.717) is 16.8 Å². The van der Waals surface area contributed by atoms with E-state index in [1.54, 1.807) is 18.3 Å². The number of aromatic nitrogens is 3. The van der Waals surface area contributed by atoms with Gasteiger partial charge in [-0.2, -0.15) is 0 Å². The molecule has 2 aromatic heterocycles. The summed E-state index contributed by atoms with van der Waals surface area (Å²) < 4.78 is 19.5. The maximum Gasteiger partial charge on any atom is 0.262 e. The average Bonchev–Trinajstić information content (AvgIpc) is 2.57. The van der Waals surface area contributed by atoms with Gasteiger partial charge in [-0.1, -0.05) is 0 Å². The van der Waals surface area contributed by atoms with Gasteiger partial charge in [0.15, 0.2) is 5.65 Å². The van der Waals surface area contributed by atoms with Crippen LogP contribution in [0.4, 0.5) is 4.39 Å². The highest BCUT2D eigenvalue weighted by Crippen LogP contribution is 2.11. The van der Waals surface area contributed by atoms with Gasteiger partial charge in [-0.05, 0) is 36.4 Å². The van der Waals surface area contributed by atoms with Crippen molar-refractivity contribution in [3.63, 3.8) is 0 Å².